The molecule has 106 valence electrons. The Morgan fingerprint density at radius 3 is 2.58 bits per heavy atom. The summed E-state index contributed by atoms with van der Waals surface area (Å²) in [5.41, 5.74) is 8.38. The SMILES string of the molecule is COc1c(C)cc(C)cc1C(O)C(N)CCC(=O)O. The van der Waals surface area contributed by atoms with Crippen molar-refractivity contribution < 1.29 is 19.7 Å². The number of hydrogen-bond acceptors (Lipinski definition) is 4. The van der Waals surface area contributed by atoms with Crippen LogP contribution < -0.4 is 10.5 Å². The maximum absolute atomic E-state index is 10.5. The molecule has 4 N–H and O–H groups in total. The number of carboxylic acid groups (broad SMARTS) is 1. The first-order valence-electron chi connectivity index (χ1n) is 6.17. The lowest BCUT2D eigenvalue weighted by Gasteiger charge is -2.22. The molecule has 5 heteroatoms. The number of nitrogens with two attached hydrogens (primary N) is 1. The Kier molecular flexibility index (Phi) is 5.32. The molecule has 2 atom stereocenters. The van der Waals surface area contributed by atoms with Gasteiger partial charge in [0.25, 0.3) is 0 Å². The van der Waals surface area contributed by atoms with Crippen LogP contribution in [-0.2, 0) is 4.79 Å². The molecular formula is C14H21NO4. The molecule has 5 nitrogen and oxygen atoms in total. The Morgan fingerprint density at radius 2 is 2.05 bits per heavy atom. The van der Waals surface area contributed by atoms with Gasteiger partial charge in [0.05, 0.1) is 13.2 Å². The highest BCUT2D eigenvalue weighted by atomic mass is 16.5. The van der Waals surface area contributed by atoms with Crippen molar-refractivity contribution in [3.8, 4) is 5.75 Å². The van der Waals surface area contributed by atoms with Crippen molar-refractivity contribution in [1.82, 2.24) is 0 Å². The van der Waals surface area contributed by atoms with E-state index in [4.69, 9.17) is 15.6 Å². The van der Waals surface area contributed by atoms with Gasteiger partial charge in [-0.05, 0) is 31.9 Å². The Morgan fingerprint density at radius 1 is 1.42 bits per heavy atom. The first-order chi connectivity index (χ1) is 8.86. The molecule has 0 aliphatic heterocycles. The summed E-state index contributed by atoms with van der Waals surface area (Å²) in [5.74, 6) is -0.320. The van der Waals surface area contributed by atoms with Gasteiger partial charge in [-0.25, -0.2) is 0 Å². The van der Waals surface area contributed by atoms with Crippen LogP contribution in [0, 0.1) is 13.8 Å². The number of aryl methyl sites for hydroxylation is 2. The molecule has 1 rings (SSSR count). The van der Waals surface area contributed by atoms with Gasteiger partial charge < -0.3 is 20.7 Å². The van der Waals surface area contributed by atoms with E-state index in [1.54, 1.807) is 0 Å². The molecule has 0 radical (unpaired) electrons. The molecule has 0 aliphatic rings. The normalized spacial score (nSPS) is 13.9. The van der Waals surface area contributed by atoms with Gasteiger partial charge in [0, 0.05) is 18.0 Å². The molecule has 0 saturated heterocycles. The zero-order valence-electron chi connectivity index (χ0n) is 11.5. The summed E-state index contributed by atoms with van der Waals surface area (Å²) >= 11 is 0. The van der Waals surface area contributed by atoms with E-state index >= 15 is 0 Å². The Balaban J connectivity index is 2.97. The zero-order valence-corrected chi connectivity index (χ0v) is 11.5. The highest BCUT2D eigenvalue weighted by Gasteiger charge is 2.22. The summed E-state index contributed by atoms with van der Waals surface area (Å²) in [5, 5.41) is 18.9. The predicted octanol–water partition coefficient (Wildman–Crippen LogP) is 1.54. The Labute approximate surface area is 113 Å². The fourth-order valence-corrected chi connectivity index (χ4v) is 2.16. The lowest BCUT2D eigenvalue weighted by atomic mass is 9.95. The number of aliphatic hydroxyl groups is 1. The largest absolute Gasteiger partial charge is 0.496 e. The topological polar surface area (TPSA) is 92.8 Å². The lowest BCUT2D eigenvalue weighted by Crippen LogP contribution is -2.29. The van der Waals surface area contributed by atoms with Crippen molar-refractivity contribution in [2.24, 2.45) is 5.73 Å². The summed E-state index contributed by atoms with van der Waals surface area (Å²) in [6.07, 6.45) is -0.786. The zero-order chi connectivity index (χ0) is 14.6. The van der Waals surface area contributed by atoms with Crippen LogP contribution >= 0.6 is 0 Å². The standard InChI is InChI=1S/C14H21NO4/c1-8-6-9(2)14(19-3)10(7-8)13(18)11(15)4-5-12(16)17/h6-7,11,13,18H,4-5,15H2,1-3H3,(H,16,17). The summed E-state index contributed by atoms with van der Waals surface area (Å²) in [4.78, 5) is 10.5. The number of aliphatic hydroxyl groups excluding tert-OH is 1. The second kappa shape index (κ2) is 6.54. The fourth-order valence-electron chi connectivity index (χ4n) is 2.16. The first kappa shape index (κ1) is 15.5. The number of carbonyl (C=O) groups is 1. The smallest absolute Gasteiger partial charge is 0.303 e. The molecule has 0 saturated carbocycles. The van der Waals surface area contributed by atoms with Crippen LogP contribution in [0.2, 0.25) is 0 Å². The van der Waals surface area contributed by atoms with E-state index in [9.17, 15) is 9.90 Å². The molecule has 0 aliphatic carbocycles. The van der Waals surface area contributed by atoms with E-state index in [1.165, 1.54) is 7.11 Å². The Bertz CT molecular complexity index is 459. The molecule has 0 bridgehead atoms. The van der Waals surface area contributed by atoms with Gasteiger partial charge in [0.2, 0.25) is 0 Å². The third-order valence-corrected chi connectivity index (χ3v) is 3.07. The van der Waals surface area contributed by atoms with E-state index in [2.05, 4.69) is 0 Å². The van der Waals surface area contributed by atoms with Crippen LogP contribution in [0.1, 0.15) is 35.6 Å². The fraction of sp³-hybridized carbons (Fsp3) is 0.500. The third kappa shape index (κ3) is 3.94. The van der Waals surface area contributed by atoms with Crippen molar-refractivity contribution >= 4 is 5.97 Å². The molecule has 0 heterocycles. The van der Waals surface area contributed by atoms with Crippen molar-refractivity contribution in [3.63, 3.8) is 0 Å². The highest BCUT2D eigenvalue weighted by molar-refractivity contribution is 5.66. The summed E-state index contributed by atoms with van der Waals surface area (Å²) < 4.78 is 5.30. The van der Waals surface area contributed by atoms with Crippen LogP contribution in [0.3, 0.4) is 0 Å². The van der Waals surface area contributed by atoms with Gasteiger partial charge >= 0.3 is 5.97 Å². The minimum absolute atomic E-state index is 0.0641. The molecule has 0 amide bonds. The van der Waals surface area contributed by atoms with Crippen molar-refractivity contribution in [1.29, 1.82) is 0 Å². The molecule has 0 spiro atoms. The summed E-state index contributed by atoms with van der Waals surface area (Å²) in [7, 11) is 1.54. The second-order valence-electron chi connectivity index (χ2n) is 4.75. The van der Waals surface area contributed by atoms with Crippen LogP contribution in [0.4, 0.5) is 0 Å². The average molecular weight is 267 g/mol. The van der Waals surface area contributed by atoms with Gasteiger partial charge in [-0.3, -0.25) is 4.79 Å². The quantitative estimate of drug-likeness (QED) is 0.727. The van der Waals surface area contributed by atoms with Gasteiger partial charge in [0.15, 0.2) is 0 Å². The van der Waals surface area contributed by atoms with Gasteiger partial charge in [0.1, 0.15) is 5.75 Å². The van der Waals surface area contributed by atoms with E-state index in [0.717, 1.165) is 11.1 Å². The van der Waals surface area contributed by atoms with Gasteiger partial charge in [-0.2, -0.15) is 0 Å². The van der Waals surface area contributed by atoms with E-state index in [1.807, 2.05) is 26.0 Å². The third-order valence-electron chi connectivity index (χ3n) is 3.07. The van der Waals surface area contributed by atoms with Crippen molar-refractivity contribution in [3.05, 3.63) is 28.8 Å². The Hall–Kier alpha value is -1.59. The maximum Gasteiger partial charge on any atom is 0.303 e. The minimum Gasteiger partial charge on any atom is -0.496 e. The van der Waals surface area contributed by atoms with Crippen LogP contribution in [0.25, 0.3) is 0 Å². The molecule has 1 aromatic carbocycles. The van der Waals surface area contributed by atoms with Crippen LogP contribution in [0.5, 0.6) is 5.75 Å². The number of ether oxygens (including phenoxy) is 1. The molecule has 2 unspecified atom stereocenters. The monoisotopic (exact) mass is 267 g/mol. The summed E-state index contributed by atoms with van der Waals surface area (Å²) in [6.45, 7) is 3.82. The number of aliphatic carboxylic acids is 1. The highest BCUT2D eigenvalue weighted by Crippen LogP contribution is 2.32. The second-order valence-corrected chi connectivity index (χ2v) is 4.75. The number of hydrogen-bond donors (Lipinski definition) is 3. The molecule has 1 aromatic rings. The number of rotatable bonds is 6. The van der Waals surface area contributed by atoms with Crippen LogP contribution in [-0.4, -0.2) is 29.3 Å². The molecule has 0 fully saturated rings. The van der Waals surface area contributed by atoms with Gasteiger partial charge in [-0.1, -0.05) is 11.6 Å². The minimum atomic E-state index is -0.937. The van der Waals surface area contributed by atoms with E-state index < -0.39 is 18.1 Å². The van der Waals surface area contributed by atoms with Crippen molar-refractivity contribution in [2.75, 3.05) is 7.11 Å². The van der Waals surface area contributed by atoms with E-state index in [-0.39, 0.29) is 12.8 Å². The number of methoxy groups -OCH3 is 1. The van der Waals surface area contributed by atoms with E-state index in [0.29, 0.717) is 11.3 Å². The number of benzene rings is 1. The average Bonchev–Trinajstić information content (AvgIpc) is 2.34. The molecule has 19 heavy (non-hydrogen) atoms. The number of carboxylic acids is 1. The summed E-state index contributed by atoms with van der Waals surface area (Å²) in [6, 6.07) is 3.14. The molecule has 0 aromatic heterocycles. The maximum atomic E-state index is 10.5. The lowest BCUT2D eigenvalue weighted by molar-refractivity contribution is -0.137. The predicted molar refractivity (Wildman–Crippen MR) is 72.3 cm³/mol. The first-order valence-corrected chi connectivity index (χ1v) is 6.17. The van der Waals surface area contributed by atoms with Gasteiger partial charge in [-0.15, -0.1) is 0 Å². The van der Waals surface area contributed by atoms with Crippen LogP contribution in [0.15, 0.2) is 12.1 Å². The van der Waals surface area contributed by atoms with Crippen molar-refractivity contribution in [2.45, 2.75) is 38.8 Å². The molecular weight excluding hydrogens is 246 g/mol.